The fraction of sp³-hybridized carbons (Fsp3) is 0.381. The summed E-state index contributed by atoms with van der Waals surface area (Å²) in [6.45, 7) is 3.79. The molecule has 6 heteroatoms. The van der Waals surface area contributed by atoms with Crippen molar-refractivity contribution in [3.05, 3.63) is 48.0 Å². The lowest BCUT2D eigenvalue weighted by molar-refractivity contribution is -0.128. The summed E-state index contributed by atoms with van der Waals surface area (Å²) in [5.41, 5.74) is 0.831. The molecular formula is C21H27NO5. The van der Waals surface area contributed by atoms with E-state index >= 15 is 0 Å². The summed E-state index contributed by atoms with van der Waals surface area (Å²) in [6.07, 6.45) is -0.119. The van der Waals surface area contributed by atoms with Crippen LogP contribution < -0.4 is 24.3 Å². The van der Waals surface area contributed by atoms with Crippen molar-refractivity contribution in [3.8, 4) is 23.0 Å². The summed E-state index contributed by atoms with van der Waals surface area (Å²) in [4.78, 5) is 12.8. The number of rotatable bonds is 9. The Labute approximate surface area is 160 Å². The molecule has 0 unspecified atom stereocenters. The summed E-state index contributed by atoms with van der Waals surface area (Å²) in [5, 5.41) is 2.99. The Bertz CT molecular complexity index is 762. The van der Waals surface area contributed by atoms with E-state index in [2.05, 4.69) is 5.32 Å². The van der Waals surface area contributed by atoms with Gasteiger partial charge < -0.3 is 24.3 Å². The van der Waals surface area contributed by atoms with Crippen LogP contribution in [0.15, 0.2) is 42.5 Å². The van der Waals surface area contributed by atoms with Gasteiger partial charge in [-0.25, -0.2) is 0 Å². The molecule has 2 rings (SSSR count). The molecule has 0 aliphatic heterocycles. The first-order valence-corrected chi connectivity index (χ1v) is 8.86. The third-order valence-corrected chi connectivity index (χ3v) is 4.26. The van der Waals surface area contributed by atoms with E-state index in [1.165, 1.54) is 0 Å². The minimum Gasteiger partial charge on any atom is -0.497 e. The van der Waals surface area contributed by atoms with Crippen molar-refractivity contribution >= 4 is 5.91 Å². The molecule has 0 saturated carbocycles. The molecule has 1 amide bonds. The second kappa shape index (κ2) is 9.71. The molecular weight excluding hydrogens is 346 g/mol. The van der Waals surface area contributed by atoms with E-state index in [9.17, 15) is 4.79 Å². The van der Waals surface area contributed by atoms with Crippen LogP contribution in [0.2, 0.25) is 0 Å². The molecule has 0 saturated heterocycles. The molecule has 0 spiro atoms. The lowest BCUT2D eigenvalue weighted by Crippen LogP contribution is -2.39. The predicted molar refractivity (Wildman–Crippen MR) is 104 cm³/mol. The Morgan fingerprint density at radius 2 is 1.63 bits per heavy atom. The zero-order chi connectivity index (χ0) is 19.8. The van der Waals surface area contributed by atoms with Gasteiger partial charge in [0.05, 0.1) is 27.4 Å². The maximum Gasteiger partial charge on any atom is 0.261 e. The van der Waals surface area contributed by atoms with Gasteiger partial charge >= 0.3 is 0 Å². The van der Waals surface area contributed by atoms with Gasteiger partial charge in [-0.1, -0.05) is 19.1 Å². The number of carbonyl (C=O) groups excluding carboxylic acids is 1. The number of benzene rings is 2. The highest BCUT2D eigenvalue weighted by Gasteiger charge is 2.23. The number of para-hydroxylation sites is 2. The number of carbonyl (C=O) groups is 1. The van der Waals surface area contributed by atoms with Crippen molar-refractivity contribution in [1.82, 2.24) is 5.32 Å². The number of amides is 1. The van der Waals surface area contributed by atoms with E-state index in [4.69, 9.17) is 18.9 Å². The highest BCUT2D eigenvalue weighted by Crippen LogP contribution is 2.30. The Kier molecular flexibility index (Phi) is 7.34. The maximum absolute atomic E-state index is 12.8. The normalized spacial score (nSPS) is 12.6. The molecule has 0 aliphatic carbocycles. The third kappa shape index (κ3) is 5.06. The third-order valence-electron chi connectivity index (χ3n) is 4.26. The van der Waals surface area contributed by atoms with Crippen LogP contribution in [0.3, 0.4) is 0 Å². The molecule has 6 nitrogen and oxygen atoms in total. The molecule has 0 heterocycles. The van der Waals surface area contributed by atoms with Gasteiger partial charge in [0.15, 0.2) is 17.6 Å². The van der Waals surface area contributed by atoms with Crippen LogP contribution in [0, 0.1) is 0 Å². The molecule has 0 radical (unpaired) electrons. The van der Waals surface area contributed by atoms with Crippen LogP contribution >= 0.6 is 0 Å². The lowest BCUT2D eigenvalue weighted by atomic mass is 10.1. The van der Waals surface area contributed by atoms with E-state index in [1.54, 1.807) is 33.5 Å². The molecule has 0 aromatic heterocycles. The Morgan fingerprint density at radius 1 is 0.963 bits per heavy atom. The second-order valence-electron chi connectivity index (χ2n) is 6.00. The molecule has 2 aromatic carbocycles. The standard InChI is InChI=1S/C21H27NO5/c1-6-17(27-20-10-8-7-9-19(20)26-5)21(23)22-14(2)16-13-15(24-3)11-12-18(16)25-4/h7-14,17H,6H2,1-5H3,(H,22,23)/t14-,17-/m0/s1. The van der Waals surface area contributed by atoms with Crippen LogP contribution in [0.5, 0.6) is 23.0 Å². The predicted octanol–water partition coefficient (Wildman–Crippen LogP) is 3.75. The molecule has 0 bridgehead atoms. The van der Waals surface area contributed by atoms with Crippen molar-refractivity contribution in [2.45, 2.75) is 32.4 Å². The Balaban J connectivity index is 2.14. The monoisotopic (exact) mass is 373 g/mol. The second-order valence-corrected chi connectivity index (χ2v) is 6.00. The fourth-order valence-electron chi connectivity index (χ4n) is 2.75. The highest BCUT2D eigenvalue weighted by atomic mass is 16.5. The SMILES string of the molecule is CC[C@H](Oc1ccccc1OC)C(=O)N[C@@H](C)c1cc(OC)ccc1OC. The summed E-state index contributed by atoms with van der Waals surface area (Å²) < 4.78 is 21.9. The topological polar surface area (TPSA) is 66.0 Å². The first-order chi connectivity index (χ1) is 13.0. The van der Waals surface area contributed by atoms with Gasteiger partial charge in [-0.05, 0) is 43.7 Å². The highest BCUT2D eigenvalue weighted by molar-refractivity contribution is 5.81. The first kappa shape index (κ1) is 20.4. The number of nitrogens with one attached hydrogen (secondary N) is 1. The number of methoxy groups -OCH3 is 3. The number of ether oxygens (including phenoxy) is 4. The van der Waals surface area contributed by atoms with Crippen LogP contribution in [0.1, 0.15) is 31.9 Å². The zero-order valence-corrected chi connectivity index (χ0v) is 16.4. The van der Waals surface area contributed by atoms with Gasteiger partial charge in [-0.15, -0.1) is 0 Å². The quantitative estimate of drug-likeness (QED) is 0.725. The van der Waals surface area contributed by atoms with Crippen LogP contribution in [-0.2, 0) is 4.79 Å². The summed E-state index contributed by atoms with van der Waals surface area (Å²) >= 11 is 0. The van der Waals surface area contributed by atoms with Crippen LogP contribution in [0.25, 0.3) is 0 Å². The fourth-order valence-corrected chi connectivity index (χ4v) is 2.75. The van der Waals surface area contributed by atoms with Crippen LogP contribution in [0.4, 0.5) is 0 Å². The van der Waals surface area contributed by atoms with Gasteiger partial charge in [-0.2, -0.15) is 0 Å². The maximum atomic E-state index is 12.8. The average molecular weight is 373 g/mol. The Morgan fingerprint density at radius 3 is 2.22 bits per heavy atom. The largest absolute Gasteiger partial charge is 0.497 e. The molecule has 2 atom stereocenters. The van der Waals surface area contributed by atoms with Crippen molar-refractivity contribution in [2.75, 3.05) is 21.3 Å². The van der Waals surface area contributed by atoms with Crippen LogP contribution in [-0.4, -0.2) is 33.3 Å². The van der Waals surface area contributed by atoms with E-state index in [0.29, 0.717) is 29.4 Å². The Hall–Kier alpha value is -2.89. The van der Waals surface area contributed by atoms with Gasteiger partial charge in [0, 0.05) is 5.56 Å². The summed E-state index contributed by atoms with van der Waals surface area (Å²) in [7, 11) is 4.77. The smallest absolute Gasteiger partial charge is 0.261 e. The number of hydrogen-bond donors (Lipinski definition) is 1. The molecule has 0 aliphatic rings. The molecule has 146 valence electrons. The number of hydrogen-bond acceptors (Lipinski definition) is 5. The van der Waals surface area contributed by atoms with E-state index in [0.717, 1.165) is 5.56 Å². The van der Waals surface area contributed by atoms with Gasteiger partial charge in [-0.3, -0.25) is 4.79 Å². The van der Waals surface area contributed by atoms with E-state index in [-0.39, 0.29) is 11.9 Å². The van der Waals surface area contributed by atoms with E-state index in [1.807, 2.05) is 44.2 Å². The van der Waals surface area contributed by atoms with Gasteiger partial charge in [0.25, 0.3) is 5.91 Å². The average Bonchev–Trinajstić information content (AvgIpc) is 2.71. The summed E-state index contributed by atoms with van der Waals surface area (Å²) in [5.74, 6) is 2.30. The first-order valence-electron chi connectivity index (χ1n) is 8.86. The van der Waals surface area contributed by atoms with E-state index < -0.39 is 6.10 Å². The van der Waals surface area contributed by atoms with Gasteiger partial charge in [0.2, 0.25) is 0 Å². The van der Waals surface area contributed by atoms with Crippen molar-refractivity contribution in [1.29, 1.82) is 0 Å². The molecule has 1 N–H and O–H groups in total. The molecule has 27 heavy (non-hydrogen) atoms. The summed E-state index contributed by atoms with van der Waals surface area (Å²) in [6, 6.07) is 12.5. The van der Waals surface area contributed by atoms with Crippen molar-refractivity contribution in [3.63, 3.8) is 0 Å². The molecule has 0 fully saturated rings. The molecule has 2 aromatic rings. The van der Waals surface area contributed by atoms with Gasteiger partial charge in [0.1, 0.15) is 11.5 Å². The van der Waals surface area contributed by atoms with Crippen molar-refractivity contribution < 1.29 is 23.7 Å². The zero-order valence-electron chi connectivity index (χ0n) is 16.4. The minimum atomic E-state index is -0.639. The minimum absolute atomic E-state index is 0.208. The lowest BCUT2D eigenvalue weighted by Gasteiger charge is -2.23. The van der Waals surface area contributed by atoms with Crippen molar-refractivity contribution in [2.24, 2.45) is 0 Å².